The summed E-state index contributed by atoms with van der Waals surface area (Å²) in [7, 11) is -1.55. The van der Waals surface area contributed by atoms with Crippen molar-refractivity contribution in [3.63, 3.8) is 0 Å². The summed E-state index contributed by atoms with van der Waals surface area (Å²) < 4.78 is 27.5. The fourth-order valence-electron chi connectivity index (χ4n) is 3.28. The van der Waals surface area contributed by atoms with E-state index in [0.29, 0.717) is 23.5 Å². The molecule has 7 nitrogen and oxygen atoms in total. The summed E-state index contributed by atoms with van der Waals surface area (Å²) in [5, 5.41) is 6.02. The molecule has 2 aliphatic rings. The van der Waals surface area contributed by atoms with Crippen molar-refractivity contribution in [1.82, 2.24) is 19.8 Å². The first kappa shape index (κ1) is 18.3. The van der Waals surface area contributed by atoms with Crippen LogP contribution >= 0.6 is 0 Å². The SMILES string of the molecule is CN1CCN(S(=O)(=O)c2ccccc2CNC(=O)C2CCCN2)CC1. The molecule has 2 heterocycles. The van der Waals surface area contributed by atoms with E-state index in [4.69, 9.17) is 0 Å². The number of carbonyl (C=O) groups excluding carboxylic acids is 1. The highest BCUT2D eigenvalue weighted by Gasteiger charge is 2.29. The average molecular weight is 366 g/mol. The van der Waals surface area contributed by atoms with Crippen LogP contribution in [0.15, 0.2) is 29.2 Å². The number of hydrogen-bond donors (Lipinski definition) is 2. The molecular weight excluding hydrogens is 340 g/mol. The monoisotopic (exact) mass is 366 g/mol. The Morgan fingerprint density at radius 2 is 1.96 bits per heavy atom. The summed E-state index contributed by atoms with van der Waals surface area (Å²) in [6.07, 6.45) is 1.82. The van der Waals surface area contributed by atoms with Crippen LogP contribution in [0, 0.1) is 0 Å². The Morgan fingerprint density at radius 3 is 2.64 bits per heavy atom. The molecule has 25 heavy (non-hydrogen) atoms. The van der Waals surface area contributed by atoms with E-state index >= 15 is 0 Å². The Hall–Kier alpha value is -1.48. The zero-order valence-corrected chi connectivity index (χ0v) is 15.4. The highest BCUT2D eigenvalue weighted by molar-refractivity contribution is 7.89. The van der Waals surface area contributed by atoms with E-state index in [-0.39, 0.29) is 18.5 Å². The topological polar surface area (TPSA) is 81.8 Å². The number of carbonyl (C=O) groups is 1. The standard InChI is InChI=1S/C17H26N4O3S/c1-20-9-11-21(12-10-20)25(23,24)16-7-3-2-5-14(16)13-19-17(22)15-6-4-8-18-15/h2-3,5,7,15,18H,4,6,8-13H2,1H3,(H,19,22). The molecule has 0 aromatic heterocycles. The van der Waals surface area contributed by atoms with Gasteiger partial charge in [0.1, 0.15) is 0 Å². The number of rotatable bonds is 5. The minimum Gasteiger partial charge on any atom is -0.351 e. The summed E-state index contributed by atoms with van der Waals surface area (Å²) >= 11 is 0. The first-order valence-electron chi connectivity index (χ1n) is 8.76. The van der Waals surface area contributed by atoms with E-state index in [0.717, 1.165) is 32.5 Å². The quantitative estimate of drug-likeness (QED) is 0.766. The molecule has 0 aliphatic carbocycles. The van der Waals surface area contributed by atoms with Crippen molar-refractivity contribution in [3.05, 3.63) is 29.8 Å². The van der Waals surface area contributed by atoms with E-state index in [2.05, 4.69) is 15.5 Å². The average Bonchev–Trinajstić information content (AvgIpc) is 3.15. The molecule has 0 spiro atoms. The molecule has 1 aromatic carbocycles. The van der Waals surface area contributed by atoms with E-state index in [1.165, 1.54) is 4.31 Å². The number of amides is 1. The van der Waals surface area contributed by atoms with Gasteiger partial charge in [-0.3, -0.25) is 4.79 Å². The van der Waals surface area contributed by atoms with Crippen molar-refractivity contribution in [3.8, 4) is 0 Å². The fraction of sp³-hybridized carbons (Fsp3) is 0.588. The Morgan fingerprint density at radius 1 is 1.24 bits per heavy atom. The summed E-state index contributed by atoms with van der Waals surface area (Å²) in [5.74, 6) is -0.0655. The van der Waals surface area contributed by atoms with E-state index in [1.807, 2.05) is 7.05 Å². The van der Waals surface area contributed by atoms with Gasteiger partial charge >= 0.3 is 0 Å². The molecule has 0 bridgehead atoms. The molecule has 138 valence electrons. The number of benzene rings is 1. The summed E-state index contributed by atoms with van der Waals surface area (Å²) in [6, 6.07) is 6.76. The van der Waals surface area contributed by atoms with Crippen LogP contribution in [0.3, 0.4) is 0 Å². The largest absolute Gasteiger partial charge is 0.351 e. The number of likely N-dealkylation sites (N-methyl/N-ethyl adjacent to an activating group) is 1. The Kier molecular flexibility index (Phi) is 5.73. The van der Waals surface area contributed by atoms with Gasteiger partial charge in [-0.05, 0) is 38.1 Å². The normalized spacial score (nSPS) is 22.8. The molecular formula is C17H26N4O3S. The van der Waals surface area contributed by atoms with Crippen molar-refractivity contribution < 1.29 is 13.2 Å². The van der Waals surface area contributed by atoms with Crippen molar-refractivity contribution in [2.45, 2.75) is 30.3 Å². The first-order chi connectivity index (χ1) is 12.0. The number of hydrogen-bond acceptors (Lipinski definition) is 5. The van der Waals surface area contributed by atoms with Crippen LogP contribution in [0.4, 0.5) is 0 Å². The van der Waals surface area contributed by atoms with Crippen molar-refractivity contribution in [1.29, 1.82) is 0 Å². The van der Waals surface area contributed by atoms with Crippen LogP contribution < -0.4 is 10.6 Å². The lowest BCUT2D eigenvalue weighted by Crippen LogP contribution is -2.47. The third kappa shape index (κ3) is 4.20. The third-order valence-electron chi connectivity index (χ3n) is 4.88. The maximum Gasteiger partial charge on any atom is 0.243 e. The fourth-order valence-corrected chi connectivity index (χ4v) is 4.93. The lowest BCUT2D eigenvalue weighted by atomic mass is 10.2. The van der Waals surface area contributed by atoms with Gasteiger partial charge in [0, 0.05) is 32.7 Å². The second-order valence-corrected chi connectivity index (χ2v) is 8.59. The van der Waals surface area contributed by atoms with Gasteiger partial charge in [0.05, 0.1) is 10.9 Å². The molecule has 1 unspecified atom stereocenters. The second-order valence-electron chi connectivity index (χ2n) is 6.68. The van der Waals surface area contributed by atoms with Gasteiger partial charge in [-0.15, -0.1) is 0 Å². The Labute approximate surface area is 149 Å². The predicted molar refractivity (Wildman–Crippen MR) is 95.6 cm³/mol. The molecule has 1 aromatic rings. The minimum atomic E-state index is -3.54. The maximum atomic E-state index is 13.0. The zero-order chi connectivity index (χ0) is 17.9. The molecule has 8 heteroatoms. The molecule has 1 amide bonds. The molecule has 0 saturated carbocycles. The van der Waals surface area contributed by atoms with Gasteiger partial charge in [0.2, 0.25) is 15.9 Å². The number of sulfonamides is 1. The lowest BCUT2D eigenvalue weighted by Gasteiger charge is -2.32. The first-order valence-corrected chi connectivity index (χ1v) is 10.2. The van der Waals surface area contributed by atoms with E-state index < -0.39 is 10.0 Å². The molecule has 0 radical (unpaired) electrons. The highest BCUT2D eigenvalue weighted by atomic mass is 32.2. The molecule has 1 atom stereocenters. The smallest absolute Gasteiger partial charge is 0.243 e. The Bertz CT molecular complexity index is 708. The number of nitrogens with one attached hydrogen (secondary N) is 2. The third-order valence-corrected chi connectivity index (χ3v) is 6.88. The summed E-state index contributed by atoms with van der Waals surface area (Å²) in [5.41, 5.74) is 0.632. The van der Waals surface area contributed by atoms with Crippen molar-refractivity contribution >= 4 is 15.9 Å². The van der Waals surface area contributed by atoms with Gasteiger partial charge in [-0.25, -0.2) is 8.42 Å². The van der Waals surface area contributed by atoms with Crippen molar-refractivity contribution in [2.24, 2.45) is 0 Å². The van der Waals surface area contributed by atoms with E-state index in [9.17, 15) is 13.2 Å². The highest BCUT2D eigenvalue weighted by Crippen LogP contribution is 2.21. The Balaban J connectivity index is 1.72. The van der Waals surface area contributed by atoms with Gasteiger partial charge in [-0.2, -0.15) is 4.31 Å². The lowest BCUT2D eigenvalue weighted by molar-refractivity contribution is -0.122. The van der Waals surface area contributed by atoms with Crippen LogP contribution in [0.2, 0.25) is 0 Å². The van der Waals surface area contributed by atoms with Crippen LogP contribution in [0.25, 0.3) is 0 Å². The molecule has 2 N–H and O–H groups in total. The van der Waals surface area contributed by atoms with Gasteiger partial charge in [-0.1, -0.05) is 18.2 Å². The molecule has 2 saturated heterocycles. The van der Waals surface area contributed by atoms with Crippen LogP contribution in [0.5, 0.6) is 0 Å². The predicted octanol–water partition coefficient (Wildman–Crippen LogP) is -0.00910. The second kappa shape index (κ2) is 7.82. The van der Waals surface area contributed by atoms with Crippen LogP contribution in [-0.4, -0.2) is 69.3 Å². The van der Waals surface area contributed by atoms with E-state index in [1.54, 1.807) is 24.3 Å². The van der Waals surface area contributed by atoms with Crippen LogP contribution in [0.1, 0.15) is 18.4 Å². The minimum absolute atomic E-state index is 0.0655. The molecule has 2 fully saturated rings. The molecule has 3 rings (SSSR count). The number of nitrogens with zero attached hydrogens (tertiary/aromatic N) is 2. The number of piperazine rings is 1. The molecule has 2 aliphatic heterocycles. The van der Waals surface area contributed by atoms with Gasteiger partial charge in [0.15, 0.2) is 0 Å². The van der Waals surface area contributed by atoms with Gasteiger partial charge < -0.3 is 15.5 Å². The van der Waals surface area contributed by atoms with Gasteiger partial charge in [0.25, 0.3) is 0 Å². The summed E-state index contributed by atoms with van der Waals surface area (Å²) in [4.78, 5) is 14.6. The maximum absolute atomic E-state index is 13.0. The van der Waals surface area contributed by atoms with Crippen molar-refractivity contribution in [2.75, 3.05) is 39.8 Å². The van der Waals surface area contributed by atoms with Crippen LogP contribution in [-0.2, 0) is 21.4 Å². The zero-order valence-electron chi connectivity index (χ0n) is 14.6. The summed E-state index contributed by atoms with van der Waals surface area (Å²) in [6.45, 7) is 3.51.